The van der Waals surface area contributed by atoms with Crippen molar-refractivity contribution in [2.24, 2.45) is 0 Å². The van der Waals surface area contributed by atoms with Crippen LogP contribution in [0, 0.1) is 4.77 Å². The first-order valence-corrected chi connectivity index (χ1v) is 11.5. The first-order chi connectivity index (χ1) is 13.5. The van der Waals surface area contributed by atoms with Crippen molar-refractivity contribution in [3.8, 4) is 0 Å². The van der Waals surface area contributed by atoms with Crippen molar-refractivity contribution in [2.75, 3.05) is 0 Å². The van der Waals surface area contributed by atoms with Crippen molar-refractivity contribution in [3.63, 3.8) is 0 Å². The summed E-state index contributed by atoms with van der Waals surface area (Å²) in [6.45, 7) is 0.570. The van der Waals surface area contributed by atoms with Gasteiger partial charge in [-0.2, -0.15) is 0 Å². The molecule has 5 nitrogen and oxygen atoms in total. The van der Waals surface area contributed by atoms with Crippen LogP contribution in [-0.4, -0.2) is 21.5 Å². The largest absolute Gasteiger partial charge is 0.353 e. The lowest BCUT2D eigenvalue weighted by Crippen LogP contribution is -2.34. The number of carbonyl (C=O) groups excluding carboxylic acids is 1. The standard InChI is InChI=1S/C21H28BrN3O2S/c22-15-11-12-18-17(14-15)20(27)25(21(28)24-18)13-7-3-6-10-19(26)23-16-8-4-1-2-5-9-16/h11-12,14,16H,1-10,13H2,(H,23,26)(H,24,28). The summed E-state index contributed by atoms with van der Waals surface area (Å²) in [5, 5.41) is 3.82. The zero-order valence-electron chi connectivity index (χ0n) is 16.1. The van der Waals surface area contributed by atoms with Crippen molar-refractivity contribution in [2.45, 2.75) is 76.8 Å². The van der Waals surface area contributed by atoms with Crippen LogP contribution in [0.2, 0.25) is 0 Å². The highest BCUT2D eigenvalue weighted by molar-refractivity contribution is 9.10. The van der Waals surface area contributed by atoms with E-state index in [-0.39, 0.29) is 11.5 Å². The van der Waals surface area contributed by atoms with Crippen LogP contribution in [0.3, 0.4) is 0 Å². The first-order valence-electron chi connectivity index (χ1n) is 10.3. The third-order valence-electron chi connectivity index (χ3n) is 5.45. The number of fused-ring (bicyclic) bond motifs is 1. The molecule has 0 saturated heterocycles. The van der Waals surface area contributed by atoms with Crippen LogP contribution < -0.4 is 10.9 Å². The highest BCUT2D eigenvalue weighted by Gasteiger charge is 2.14. The molecule has 1 aliphatic rings. The Morgan fingerprint density at radius 3 is 2.68 bits per heavy atom. The number of H-pyrrole nitrogens is 1. The maximum Gasteiger partial charge on any atom is 0.262 e. The summed E-state index contributed by atoms with van der Waals surface area (Å²) < 4.78 is 2.94. The summed E-state index contributed by atoms with van der Waals surface area (Å²) in [6, 6.07) is 5.92. The molecule has 1 aliphatic carbocycles. The third-order valence-corrected chi connectivity index (χ3v) is 6.27. The molecule has 0 unspecified atom stereocenters. The number of hydrogen-bond acceptors (Lipinski definition) is 3. The topological polar surface area (TPSA) is 66.9 Å². The molecule has 1 aromatic carbocycles. The number of rotatable bonds is 7. The van der Waals surface area contributed by atoms with Crippen molar-refractivity contribution >= 4 is 45.0 Å². The monoisotopic (exact) mass is 465 g/mol. The van der Waals surface area contributed by atoms with Crippen molar-refractivity contribution in [1.29, 1.82) is 0 Å². The highest BCUT2D eigenvalue weighted by Crippen LogP contribution is 2.18. The molecule has 152 valence electrons. The second-order valence-electron chi connectivity index (χ2n) is 7.64. The second kappa shape index (κ2) is 10.3. The average molecular weight is 466 g/mol. The molecule has 1 heterocycles. The highest BCUT2D eigenvalue weighted by atomic mass is 79.9. The molecule has 0 aliphatic heterocycles. The molecule has 1 amide bonds. The van der Waals surface area contributed by atoms with E-state index >= 15 is 0 Å². The van der Waals surface area contributed by atoms with E-state index in [2.05, 4.69) is 26.2 Å². The molecule has 0 atom stereocenters. The van der Waals surface area contributed by atoms with Gasteiger partial charge >= 0.3 is 0 Å². The Labute approximate surface area is 179 Å². The summed E-state index contributed by atoms with van der Waals surface area (Å²) in [7, 11) is 0. The summed E-state index contributed by atoms with van der Waals surface area (Å²) >= 11 is 8.76. The van der Waals surface area contributed by atoms with Crippen LogP contribution in [0.5, 0.6) is 0 Å². The van der Waals surface area contributed by atoms with Crippen LogP contribution in [-0.2, 0) is 11.3 Å². The van der Waals surface area contributed by atoms with E-state index in [9.17, 15) is 9.59 Å². The normalized spacial score (nSPS) is 15.5. The molecule has 0 radical (unpaired) electrons. The number of nitrogens with zero attached hydrogens (tertiary/aromatic N) is 1. The fourth-order valence-electron chi connectivity index (χ4n) is 3.88. The van der Waals surface area contributed by atoms with Gasteiger partial charge in [-0.05, 0) is 56.1 Å². The lowest BCUT2D eigenvalue weighted by molar-refractivity contribution is -0.122. The van der Waals surface area contributed by atoms with E-state index in [1.807, 2.05) is 18.2 Å². The molecule has 28 heavy (non-hydrogen) atoms. The van der Waals surface area contributed by atoms with Crippen molar-refractivity contribution < 1.29 is 4.79 Å². The Morgan fingerprint density at radius 1 is 1.18 bits per heavy atom. The van der Waals surface area contributed by atoms with Crippen LogP contribution in [0.1, 0.15) is 64.2 Å². The van der Waals surface area contributed by atoms with Gasteiger partial charge in [-0.1, -0.05) is 48.0 Å². The number of hydrogen-bond donors (Lipinski definition) is 2. The number of unbranched alkanes of at least 4 members (excludes halogenated alkanes) is 2. The molecular weight excluding hydrogens is 438 g/mol. The number of aromatic amines is 1. The van der Waals surface area contributed by atoms with Gasteiger partial charge in [0.1, 0.15) is 0 Å². The number of halogens is 1. The van der Waals surface area contributed by atoms with E-state index in [4.69, 9.17) is 12.2 Å². The summed E-state index contributed by atoms with van der Waals surface area (Å²) in [4.78, 5) is 28.0. The van der Waals surface area contributed by atoms with Crippen LogP contribution in [0.4, 0.5) is 0 Å². The van der Waals surface area contributed by atoms with Crippen molar-refractivity contribution in [1.82, 2.24) is 14.9 Å². The Hall–Kier alpha value is -1.47. The quantitative estimate of drug-likeness (QED) is 0.334. The minimum absolute atomic E-state index is 0.0637. The molecule has 0 bridgehead atoms. The maximum absolute atomic E-state index is 12.7. The number of benzene rings is 1. The molecule has 1 aromatic heterocycles. The number of carbonyl (C=O) groups is 1. The SMILES string of the molecule is O=C(CCCCCn1c(=S)[nH]c2ccc(Br)cc2c1=O)NC1CCCCCC1. The zero-order chi connectivity index (χ0) is 19.9. The summed E-state index contributed by atoms with van der Waals surface area (Å²) in [5.41, 5.74) is 0.691. The van der Waals surface area contributed by atoms with Gasteiger partial charge in [-0.25, -0.2) is 0 Å². The number of amides is 1. The molecule has 0 spiro atoms. The van der Waals surface area contributed by atoms with Gasteiger partial charge < -0.3 is 10.3 Å². The third kappa shape index (κ3) is 5.77. The number of nitrogens with one attached hydrogen (secondary N) is 2. The molecular formula is C21H28BrN3O2S. The van der Waals surface area contributed by atoms with Crippen LogP contribution in [0.25, 0.3) is 10.9 Å². The minimum Gasteiger partial charge on any atom is -0.353 e. The fourth-order valence-corrected chi connectivity index (χ4v) is 4.53. The Bertz CT molecular complexity index is 929. The zero-order valence-corrected chi connectivity index (χ0v) is 18.5. The lowest BCUT2D eigenvalue weighted by atomic mass is 10.1. The van der Waals surface area contributed by atoms with Crippen LogP contribution in [0.15, 0.2) is 27.5 Å². The Balaban J connectivity index is 1.47. The fraction of sp³-hybridized carbons (Fsp3) is 0.571. The second-order valence-corrected chi connectivity index (χ2v) is 8.95. The minimum atomic E-state index is -0.0637. The smallest absolute Gasteiger partial charge is 0.262 e. The predicted octanol–water partition coefficient (Wildman–Crippen LogP) is 5.22. The predicted molar refractivity (Wildman–Crippen MR) is 119 cm³/mol. The summed E-state index contributed by atoms with van der Waals surface area (Å²) in [6.07, 6.45) is 10.4. The Kier molecular flexibility index (Phi) is 7.85. The maximum atomic E-state index is 12.7. The van der Waals surface area contributed by atoms with E-state index in [1.54, 1.807) is 4.57 Å². The molecule has 3 rings (SSSR count). The van der Waals surface area contributed by atoms with Gasteiger partial charge in [-0.3, -0.25) is 14.2 Å². The van der Waals surface area contributed by atoms with Gasteiger partial charge in [0.15, 0.2) is 4.77 Å². The van der Waals surface area contributed by atoms with Gasteiger partial charge in [0.05, 0.1) is 10.9 Å². The molecule has 2 N–H and O–H groups in total. The lowest BCUT2D eigenvalue weighted by Gasteiger charge is -2.16. The van der Waals surface area contributed by atoms with Gasteiger partial charge in [0.25, 0.3) is 5.56 Å². The molecule has 1 saturated carbocycles. The Morgan fingerprint density at radius 2 is 1.93 bits per heavy atom. The van der Waals surface area contributed by atoms with Crippen LogP contribution >= 0.6 is 28.1 Å². The van der Waals surface area contributed by atoms with Gasteiger partial charge in [-0.15, -0.1) is 0 Å². The first kappa shape index (κ1) is 21.2. The van der Waals surface area contributed by atoms with Gasteiger partial charge in [0.2, 0.25) is 5.91 Å². The average Bonchev–Trinajstić information content (AvgIpc) is 2.93. The summed E-state index contributed by atoms with van der Waals surface area (Å²) in [5.74, 6) is 0.164. The van der Waals surface area contributed by atoms with E-state index in [1.165, 1.54) is 25.7 Å². The molecule has 7 heteroatoms. The number of aromatic nitrogens is 2. The molecule has 2 aromatic rings. The van der Waals surface area contributed by atoms with Gasteiger partial charge in [0, 0.05) is 23.5 Å². The molecule has 1 fully saturated rings. The van der Waals surface area contributed by atoms with Crippen molar-refractivity contribution in [3.05, 3.63) is 37.8 Å². The van der Waals surface area contributed by atoms with E-state index < -0.39 is 0 Å². The van der Waals surface area contributed by atoms with E-state index in [0.717, 1.165) is 42.1 Å². The van der Waals surface area contributed by atoms with E-state index in [0.29, 0.717) is 29.2 Å².